The highest BCUT2D eigenvalue weighted by Crippen LogP contribution is 2.35. The van der Waals surface area contributed by atoms with Crippen LogP contribution in [0.5, 0.6) is 5.75 Å². The largest absolute Gasteiger partial charge is 0.497 e. The zero-order valence-electron chi connectivity index (χ0n) is 16.7. The Balaban J connectivity index is 1.79. The minimum atomic E-state index is -0.764. The lowest BCUT2D eigenvalue weighted by Gasteiger charge is -2.40. The van der Waals surface area contributed by atoms with Crippen LogP contribution in [-0.4, -0.2) is 25.5 Å². The van der Waals surface area contributed by atoms with E-state index in [1.54, 1.807) is 29.0 Å². The number of ether oxygens (including phenoxy) is 1. The monoisotopic (exact) mass is 464 g/mol. The molecule has 0 N–H and O–H groups in total. The van der Waals surface area contributed by atoms with E-state index in [2.05, 4.69) is 15.9 Å². The van der Waals surface area contributed by atoms with E-state index in [0.717, 1.165) is 15.6 Å². The topological polar surface area (TPSA) is 49.9 Å². The number of nitrogens with zero attached hydrogens (tertiary/aromatic N) is 2. The van der Waals surface area contributed by atoms with E-state index in [9.17, 15) is 9.59 Å². The number of methoxy groups -OCH3 is 1. The molecule has 0 saturated carbocycles. The van der Waals surface area contributed by atoms with Gasteiger partial charge in [-0.05, 0) is 61.0 Å². The first-order chi connectivity index (χ1) is 14.5. The molecule has 0 aromatic heterocycles. The smallest absolute Gasteiger partial charge is 0.255 e. The third kappa shape index (κ3) is 3.83. The van der Waals surface area contributed by atoms with Gasteiger partial charge in [0, 0.05) is 15.8 Å². The predicted octanol–water partition coefficient (Wildman–Crippen LogP) is 4.89. The van der Waals surface area contributed by atoms with Crippen molar-refractivity contribution >= 4 is 39.1 Å². The Labute approximate surface area is 184 Å². The fourth-order valence-electron chi connectivity index (χ4n) is 3.61. The maximum atomic E-state index is 13.7. The number of anilines is 2. The number of halogens is 1. The summed E-state index contributed by atoms with van der Waals surface area (Å²) in [6.45, 7) is 1.98. The second kappa shape index (κ2) is 8.32. The highest BCUT2D eigenvalue weighted by Gasteiger charge is 2.41. The molecule has 1 atom stereocenters. The molecule has 3 aromatic rings. The molecule has 152 valence electrons. The summed E-state index contributed by atoms with van der Waals surface area (Å²) in [4.78, 5) is 30.1. The van der Waals surface area contributed by atoms with E-state index in [0.29, 0.717) is 17.1 Å². The Hall–Kier alpha value is -3.12. The first-order valence-corrected chi connectivity index (χ1v) is 10.4. The second-order valence-electron chi connectivity index (χ2n) is 7.18. The van der Waals surface area contributed by atoms with Crippen molar-refractivity contribution in [3.63, 3.8) is 0 Å². The van der Waals surface area contributed by atoms with Gasteiger partial charge in [0.15, 0.2) is 0 Å². The molecule has 2 amide bonds. The SMILES string of the molecule is COc1ccc([C@H]2C(=O)N(c3ccc(C)cc3)CC(=O)N2c2ccc(Br)cc2)cc1. The van der Waals surface area contributed by atoms with Crippen LogP contribution in [0.15, 0.2) is 77.3 Å². The lowest BCUT2D eigenvalue weighted by atomic mass is 9.99. The van der Waals surface area contributed by atoms with Crippen LogP contribution >= 0.6 is 15.9 Å². The van der Waals surface area contributed by atoms with E-state index in [1.165, 1.54) is 0 Å². The molecule has 0 spiro atoms. The Morgan fingerprint density at radius 3 is 2.07 bits per heavy atom. The first kappa shape index (κ1) is 20.2. The molecule has 0 unspecified atom stereocenters. The van der Waals surface area contributed by atoms with Crippen molar-refractivity contribution in [1.82, 2.24) is 0 Å². The van der Waals surface area contributed by atoms with Crippen molar-refractivity contribution in [3.8, 4) is 5.75 Å². The third-order valence-electron chi connectivity index (χ3n) is 5.20. The van der Waals surface area contributed by atoms with Crippen LogP contribution < -0.4 is 14.5 Å². The molecular weight excluding hydrogens is 444 g/mol. The van der Waals surface area contributed by atoms with Crippen LogP contribution in [0, 0.1) is 6.92 Å². The zero-order valence-corrected chi connectivity index (χ0v) is 18.3. The molecule has 6 heteroatoms. The molecule has 1 saturated heterocycles. The standard InChI is InChI=1S/C24H21BrN2O3/c1-16-3-9-19(10-4-16)26-15-22(28)27(20-11-7-18(25)8-12-20)23(24(26)29)17-5-13-21(30-2)14-6-17/h3-14,23H,15H2,1-2H3/t23-/m0/s1. The summed E-state index contributed by atoms with van der Waals surface area (Å²) >= 11 is 3.43. The van der Waals surface area contributed by atoms with Gasteiger partial charge in [0.25, 0.3) is 5.91 Å². The molecular formula is C24H21BrN2O3. The number of amides is 2. The number of benzene rings is 3. The summed E-state index contributed by atoms with van der Waals surface area (Å²) in [5.41, 5.74) is 3.22. The predicted molar refractivity (Wildman–Crippen MR) is 121 cm³/mol. The number of hydrogen-bond acceptors (Lipinski definition) is 3. The summed E-state index contributed by atoms with van der Waals surface area (Å²) < 4.78 is 6.16. The molecule has 1 fully saturated rings. The number of carbonyl (C=O) groups is 2. The number of carbonyl (C=O) groups excluding carboxylic acids is 2. The van der Waals surface area contributed by atoms with Crippen LogP contribution in [-0.2, 0) is 9.59 Å². The Bertz CT molecular complexity index is 1060. The maximum Gasteiger partial charge on any atom is 0.255 e. The molecule has 5 nitrogen and oxygen atoms in total. The molecule has 4 rings (SSSR count). The fourth-order valence-corrected chi connectivity index (χ4v) is 3.87. The van der Waals surface area contributed by atoms with Gasteiger partial charge in [-0.2, -0.15) is 0 Å². The number of rotatable bonds is 4. The molecule has 30 heavy (non-hydrogen) atoms. The molecule has 0 aliphatic carbocycles. The van der Waals surface area contributed by atoms with Gasteiger partial charge in [-0.25, -0.2) is 0 Å². The maximum absolute atomic E-state index is 13.7. The van der Waals surface area contributed by atoms with E-state index in [4.69, 9.17) is 4.74 Å². The fraction of sp³-hybridized carbons (Fsp3) is 0.167. The van der Waals surface area contributed by atoms with Crippen LogP contribution in [0.3, 0.4) is 0 Å². The van der Waals surface area contributed by atoms with Gasteiger partial charge >= 0.3 is 0 Å². The molecule has 3 aromatic carbocycles. The Morgan fingerprint density at radius 2 is 1.47 bits per heavy atom. The molecule has 0 bridgehead atoms. The van der Waals surface area contributed by atoms with Gasteiger partial charge in [-0.3, -0.25) is 14.5 Å². The summed E-state index contributed by atoms with van der Waals surface area (Å²) in [7, 11) is 1.59. The van der Waals surface area contributed by atoms with Crippen LogP contribution in [0.4, 0.5) is 11.4 Å². The average Bonchev–Trinajstić information content (AvgIpc) is 2.76. The Kier molecular flexibility index (Phi) is 5.59. The minimum Gasteiger partial charge on any atom is -0.497 e. The zero-order chi connectivity index (χ0) is 21.3. The number of aryl methyl sites for hydroxylation is 1. The van der Waals surface area contributed by atoms with Gasteiger partial charge in [0.2, 0.25) is 5.91 Å². The summed E-state index contributed by atoms with van der Waals surface area (Å²) in [5.74, 6) is 0.406. The van der Waals surface area contributed by atoms with Gasteiger partial charge in [-0.1, -0.05) is 45.8 Å². The second-order valence-corrected chi connectivity index (χ2v) is 8.09. The highest BCUT2D eigenvalue weighted by atomic mass is 79.9. The van der Waals surface area contributed by atoms with Crippen LogP contribution in [0.1, 0.15) is 17.2 Å². The lowest BCUT2D eigenvalue weighted by molar-refractivity contribution is -0.128. The summed E-state index contributed by atoms with van der Waals surface area (Å²) in [6, 6.07) is 21.6. The van der Waals surface area contributed by atoms with E-state index in [1.807, 2.05) is 67.6 Å². The normalized spacial score (nSPS) is 16.7. The minimum absolute atomic E-state index is 0.00931. The van der Waals surface area contributed by atoms with Gasteiger partial charge in [-0.15, -0.1) is 0 Å². The van der Waals surface area contributed by atoms with Crippen molar-refractivity contribution in [2.24, 2.45) is 0 Å². The van der Waals surface area contributed by atoms with Gasteiger partial charge in [0.1, 0.15) is 18.3 Å². The Morgan fingerprint density at radius 1 is 0.867 bits per heavy atom. The van der Waals surface area contributed by atoms with Crippen LogP contribution in [0.2, 0.25) is 0 Å². The lowest BCUT2D eigenvalue weighted by Crippen LogP contribution is -2.56. The van der Waals surface area contributed by atoms with E-state index >= 15 is 0 Å². The average molecular weight is 465 g/mol. The van der Waals surface area contributed by atoms with Crippen molar-refractivity contribution in [2.45, 2.75) is 13.0 Å². The van der Waals surface area contributed by atoms with Crippen molar-refractivity contribution in [2.75, 3.05) is 23.5 Å². The summed E-state index contributed by atoms with van der Waals surface area (Å²) in [6.07, 6.45) is 0. The first-order valence-electron chi connectivity index (χ1n) is 9.57. The number of hydrogen-bond donors (Lipinski definition) is 0. The van der Waals surface area contributed by atoms with Crippen LogP contribution in [0.25, 0.3) is 0 Å². The van der Waals surface area contributed by atoms with Crippen molar-refractivity contribution in [1.29, 1.82) is 0 Å². The number of piperazine rings is 1. The van der Waals surface area contributed by atoms with Gasteiger partial charge < -0.3 is 9.64 Å². The highest BCUT2D eigenvalue weighted by molar-refractivity contribution is 9.10. The summed E-state index contributed by atoms with van der Waals surface area (Å²) in [5, 5.41) is 0. The molecule has 0 radical (unpaired) electrons. The van der Waals surface area contributed by atoms with Gasteiger partial charge in [0.05, 0.1) is 7.11 Å². The molecule has 1 aliphatic rings. The third-order valence-corrected chi connectivity index (χ3v) is 5.73. The molecule has 1 aliphatic heterocycles. The van der Waals surface area contributed by atoms with E-state index in [-0.39, 0.29) is 18.4 Å². The van der Waals surface area contributed by atoms with Crippen molar-refractivity contribution < 1.29 is 14.3 Å². The molecule has 1 heterocycles. The van der Waals surface area contributed by atoms with E-state index < -0.39 is 6.04 Å². The van der Waals surface area contributed by atoms with Crippen molar-refractivity contribution in [3.05, 3.63) is 88.4 Å². The quantitative estimate of drug-likeness (QED) is 0.552.